The molecule has 1 amide bonds. The average molecular weight is 412 g/mol. The van der Waals surface area contributed by atoms with Gasteiger partial charge in [-0.25, -0.2) is 0 Å². The van der Waals surface area contributed by atoms with Crippen molar-refractivity contribution in [2.45, 2.75) is 6.92 Å². The van der Waals surface area contributed by atoms with E-state index < -0.39 is 4.92 Å². The van der Waals surface area contributed by atoms with Crippen LogP contribution in [-0.4, -0.2) is 17.4 Å². The van der Waals surface area contributed by atoms with Gasteiger partial charge < -0.3 is 4.74 Å². The topological polar surface area (TPSA) is 72.7 Å². The third kappa shape index (κ3) is 4.09. The summed E-state index contributed by atoms with van der Waals surface area (Å²) in [7, 11) is 0. The van der Waals surface area contributed by atoms with E-state index in [1.54, 1.807) is 23.1 Å². The summed E-state index contributed by atoms with van der Waals surface area (Å²) in [4.78, 5) is 25.6. The van der Waals surface area contributed by atoms with Crippen molar-refractivity contribution in [3.63, 3.8) is 0 Å². The minimum Gasteiger partial charge on any atom is -0.492 e. The molecule has 0 atom stereocenters. The highest BCUT2D eigenvalue weighted by atomic mass is 16.6. The molecule has 31 heavy (non-hydrogen) atoms. The molecule has 0 N–H and O–H groups in total. The Kier molecular flexibility index (Phi) is 5.62. The molecule has 0 fully saturated rings. The van der Waals surface area contributed by atoms with Crippen LogP contribution in [0.3, 0.4) is 0 Å². The summed E-state index contributed by atoms with van der Waals surface area (Å²) in [5.74, 6) is 0.432. The molecule has 1 aliphatic rings. The molecule has 6 nitrogen and oxygen atoms in total. The Balaban J connectivity index is 1.80. The van der Waals surface area contributed by atoms with E-state index in [0.29, 0.717) is 29.2 Å². The highest BCUT2D eigenvalue weighted by Crippen LogP contribution is 2.39. The SMILES string of the molecule is CCOc1ccccc1N1C(=O)/C(=C/c2ccc([N+](=O)[O-])cc2)C=C1c1ccccc1. The molecule has 0 bridgehead atoms. The first-order chi connectivity index (χ1) is 15.1. The normalized spacial score (nSPS) is 14.6. The number of carbonyl (C=O) groups is 1. The van der Waals surface area contributed by atoms with E-state index in [9.17, 15) is 14.9 Å². The average Bonchev–Trinajstić information content (AvgIpc) is 3.11. The second-order valence-corrected chi connectivity index (χ2v) is 6.89. The summed E-state index contributed by atoms with van der Waals surface area (Å²) < 4.78 is 5.77. The maximum absolute atomic E-state index is 13.5. The molecule has 3 aromatic carbocycles. The molecule has 3 aromatic rings. The molecule has 4 rings (SSSR count). The van der Waals surface area contributed by atoms with Gasteiger partial charge in [0, 0.05) is 17.7 Å². The number of amides is 1. The van der Waals surface area contributed by atoms with Gasteiger partial charge in [0.05, 0.1) is 22.9 Å². The predicted molar refractivity (Wildman–Crippen MR) is 121 cm³/mol. The third-order valence-corrected chi connectivity index (χ3v) is 4.88. The van der Waals surface area contributed by atoms with Gasteiger partial charge in [-0.1, -0.05) is 42.5 Å². The lowest BCUT2D eigenvalue weighted by Crippen LogP contribution is -2.25. The lowest BCUT2D eigenvalue weighted by Gasteiger charge is -2.23. The fourth-order valence-electron chi connectivity index (χ4n) is 3.47. The Morgan fingerprint density at radius 1 is 0.968 bits per heavy atom. The van der Waals surface area contributed by atoms with Crippen LogP contribution in [0, 0.1) is 10.1 Å². The predicted octanol–water partition coefficient (Wildman–Crippen LogP) is 5.46. The molecule has 6 heteroatoms. The smallest absolute Gasteiger partial charge is 0.269 e. The molecule has 1 heterocycles. The minimum absolute atomic E-state index is 0.00711. The summed E-state index contributed by atoms with van der Waals surface area (Å²) in [5.41, 5.74) is 3.50. The highest BCUT2D eigenvalue weighted by molar-refractivity contribution is 6.23. The van der Waals surface area contributed by atoms with Gasteiger partial charge in [-0.05, 0) is 54.5 Å². The Labute approximate surface area is 179 Å². The number of hydrogen-bond donors (Lipinski definition) is 0. The van der Waals surface area contributed by atoms with Gasteiger partial charge in [0.15, 0.2) is 0 Å². The van der Waals surface area contributed by atoms with E-state index in [-0.39, 0.29) is 11.6 Å². The molecule has 0 aromatic heterocycles. The molecule has 0 unspecified atom stereocenters. The Hall–Kier alpha value is -4.19. The van der Waals surface area contributed by atoms with Crippen molar-refractivity contribution in [1.29, 1.82) is 0 Å². The van der Waals surface area contributed by atoms with E-state index in [1.807, 2.05) is 67.6 Å². The summed E-state index contributed by atoms with van der Waals surface area (Å²) in [5, 5.41) is 10.9. The number of hydrogen-bond acceptors (Lipinski definition) is 4. The van der Waals surface area contributed by atoms with Crippen molar-refractivity contribution in [2.24, 2.45) is 0 Å². The maximum Gasteiger partial charge on any atom is 0.269 e. The van der Waals surface area contributed by atoms with Crippen LogP contribution in [0.1, 0.15) is 18.1 Å². The van der Waals surface area contributed by atoms with Crippen LogP contribution < -0.4 is 9.64 Å². The number of rotatable bonds is 6. The first-order valence-corrected chi connectivity index (χ1v) is 9.88. The molecule has 0 saturated heterocycles. The summed E-state index contributed by atoms with van der Waals surface area (Å²) in [6.07, 6.45) is 3.57. The molecule has 0 aliphatic carbocycles. The summed E-state index contributed by atoms with van der Waals surface area (Å²) >= 11 is 0. The number of nitro groups is 1. The lowest BCUT2D eigenvalue weighted by molar-refractivity contribution is -0.384. The molecule has 0 radical (unpaired) electrons. The second kappa shape index (κ2) is 8.67. The molecular formula is C25H20N2O4. The van der Waals surface area contributed by atoms with Gasteiger partial charge in [0.25, 0.3) is 11.6 Å². The zero-order chi connectivity index (χ0) is 21.8. The highest BCUT2D eigenvalue weighted by Gasteiger charge is 2.32. The number of nitrogens with zero attached hydrogens (tertiary/aromatic N) is 2. The van der Waals surface area contributed by atoms with Crippen molar-refractivity contribution < 1.29 is 14.5 Å². The maximum atomic E-state index is 13.5. The number of non-ortho nitro benzene ring substituents is 1. The number of ether oxygens (including phenoxy) is 1. The van der Waals surface area contributed by atoms with Crippen LogP contribution in [-0.2, 0) is 4.79 Å². The van der Waals surface area contributed by atoms with Gasteiger partial charge in [-0.15, -0.1) is 0 Å². The number of benzene rings is 3. The Morgan fingerprint density at radius 2 is 1.65 bits per heavy atom. The fourth-order valence-corrected chi connectivity index (χ4v) is 3.47. The van der Waals surface area contributed by atoms with E-state index in [2.05, 4.69) is 0 Å². The van der Waals surface area contributed by atoms with Gasteiger partial charge >= 0.3 is 0 Å². The number of anilines is 1. The molecule has 154 valence electrons. The first kappa shape index (κ1) is 20.1. The number of para-hydroxylation sites is 2. The zero-order valence-corrected chi connectivity index (χ0v) is 16.9. The van der Waals surface area contributed by atoms with Gasteiger partial charge in [-0.3, -0.25) is 19.8 Å². The fraction of sp³-hybridized carbons (Fsp3) is 0.0800. The lowest BCUT2D eigenvalue weighted by atomic mass is 10.1. The van der Waals surface area contributed by atoms with E-state index in [4.69, 9.17) is 4.74 Å². The monoisotopic (exact) mass is 412 g/mol. The van der Waals surface area contributed by atoms with Crippen LogP contribution in [0.4, 0.5) is 11.4 Å². The van der Waals surface area contributed by atoms with Crippen molar-refractivity contribution >= 4 is 29.1 Å². The molecule has 1 aliphatic heterocycles. The van der Waals surface area contributed by atoms with Gasteiger partial charge in [-0.2, -0.15) is 0 Å². The van der Waals surface area contributed by atoms with Crippen LogP contribution >= 0.6 is 0 Å². The van der Waals surface area contributed by atoms with Crippen LogP contribution in [0.25, 0.3) is 11.8 Å². The van der Waals surface area contributed by atoms with Gasteiger partial charge in [0.2, 0.25) is 0 Å². The third-order valence-electron chi connectivity index (χ3n) is 4.88. The van der Waals surface area contributed by atoms with Crippen LogP contribution in [0.2, 0.25) is 0 Å². The van der Waals surface area contributed by atoms with Crippen LogP contribution in [0.15, 0.2) is 90.5 Å². The van der Waals surface area contributed by atoms with Crippen LogP contribution in [0.5, 0.6) is 5.75 Å². The molecular weight excluding hydrogens is 392 g/mol. The second-order valence-electron chi connectivity index (χ2n) is 6.89. The standard InChI is InChI=1S/C25H20N2O4/c1-2-31-24-11-7-6-10-22(24)26-23(19-8-4-3-5-9-19)17-20(25(26)28)16-18-12-14-21(15-13-18)27(29)30/h3-17H,2H2,1H3/b20-16+. The summed E-state index contributed by atoms with van der Waals surface area (Å²) in [6.45, 7) is 2.38. The largest absolute Gasteiger partial charge is 0.492 e. The van der Waals surface area contributed by atoms with Gasteiger partial charge in [0.1, 0.15) is 5.75 Å². The van der Waals surface area contributed by atoms with Crippen molar-refractivity contribution in [1.82, 2.24) is 0 Å². The van der Waals surface area contributed by atoms with E-state index >= 15 is 0 Å². The molecule has 0 saturated carbocycles. The minimum atomic E-state index is -0.447. The Bertz CT molecular complexity index is 1180. The summed E-state index contributed by atoms with van der Waals surface area (Å²) in [6, 6.07) is 23.2. The Morgan fingerprint density at radius 3 is 2.32 bits per heavy atom. The van der Waals surface area contributed by atoms with E-state index in [1.165, 1.54) is 12.1 Å². The zero-order valence-electron chi connectivity index (χ0n) is 16.9. The number of nitro benzene ring substituents is 1. The van der Waals surface area contributed by atoms with Crippen molar-refractivity contribution in [3.05, 3.63) is 112 Å². The van der Waals surface area contributed by atoms with Crippen molar-refractivity contribution in [2.75, 3.05) is 11.5 Å². The van der Waals surface area contributed by atoms with Crippen molar-refractivity contribution in [3.8, 4) is 5.75 Å². The number of carbonyl (C=O) groups excluding carboxylic acids is 1. The van der Waals surface area contributed by atoms with E-state index in [0.717, 1.165) is 11.3 Å². The quantitative estimate of drug-likeness (QED) is 0.306. The molecule has 0 spiro atoms. The first-order valence-electron chi connectivity index (χ1n) is 9.88.